The van der Waals surface area contributed by atoms with Gasteiger partial charge in [0.05, 0.1) is 0 Å². The Balaban J connectivity index is 2.64. The van der Waals surface area contributed by atoms with Crippen LogP contribution in [0.5, 0.6) is 0 Å². The quantitative estimate of drug-likeness (QED) is 0.775. The second kappa shape index (κ2) is 6.54. The molecule has 19 heavy (non-hydrogen) atoms. The molecule has 0 spiro atoms. The summed E-state index contributed by atoms with van der Waals surface area (Å²) in [5, 5.41) is 2.70. The Morgan fingerprint density at radius 2 is 2.11 bits per heavy atom. The molecule has 1 amide bonds. The largest absolute Gasteiger partial charge is 0.444 e. The zero-order valence-corrected chi connectivity index (χ0v) is 11.8. The van der Waals surface area contributed by atoms with Crippen LogP contribution >= 0.6 is 0 Å². The number of hydrogen-bond donors (Lipinski definition) is 3. The summed E-state index contributed by atoms with van der Waals surface area (Å²) in [6, 6.07) is 7.43. The molecule has 0 heterocycles. The van der Waals surface area contributed by atoms with Gasteiger partial charge in [-0.2, -0.15) is 0 Å². The number of carbonyl (C=O) groups excluding carboxylic acids is 1. The van der Waals surface area contributed by atoms with Gasteiger partial charge in [-0.25, -0.2) is 4.79 Å². The molecule has 5 heteroatoms. The highest BCUT2D eigenvalue weighted by Crippen LogP contribution is 2.14. The van der Waals surface area contributed by atoms with Crippen molar-refractivity contribution < 1.29 is 9.53 Å². The predicted octanol–water partition coefficient (Wildman–Crippen LogP) is 1.86. The lowest BCUT2D eigenvalue weighted by Crippen LogP contribution is -2.31. The average molecular weight is 265 g/mol. The zero-order valence-electron chi connectivity index (χ0n) is 11.8. The molecule has 106 valence electrons. The van der Waals surface area contributed by atoms with Gasteiger partial charge >= 0.3 is 6.09 Å². The van der Waals surface area contributed by atoms with Crippen molar-refractivity contribution in [3.63, 3.8) is 0 Å². The topological polar surface area (TPSA) is 90.4 Å². The number of nitrogens with one attached hydrogen (secondary N) is 1. The second-order valence-electron chi connectivity index (χ2n) is 5.53. The van der Waals surface area contributed by atoms with E-state index >= 15 is 0 Å². The second-order valence-corrected chi connectivity index (χ2v) is 5.53. The van der Waals surface area contributed by atoms with Crippen LogP contribution in [0.25, 0.3) is 0 Å². The van der Waals surface area contributed by atoms with Gasteiger partial charge in [0.25, 0.3) is 0 Å². The van der Waals surface area contributed by atoms with Gasteiger partial charge in [-0.1, -0.05) is 12.1 Å². The van der Waals surface area contributed by atoms with Crippen molar-refractivity contribution in [3.8, 4) is 0 Å². The lowest BCUT2D eigenvalue weighted by atomic mass is 10.1. The van der Waals surface area contributed by atoms with Crippen molar-refractivity contribution >= 4 is 11.8 Å². The van der Waals surface area contributed by atoms with Crippen molar-refractivity contribution in [2.75, 3.05) is 11.9 Å². The molecule has 0 bridgehead atoms. The minimum absolute atomic E-state index is 0.0724. The molecule has 1 aromatic rings. The average Bonchev–Trinajstić information content (AvgIpc) is 2.26. The summed E-state index contributed by atoms with van der Waals surface area (Å²) in [5.41, 5.74) is 12.5. The molecule has 0 aliphatic heterocycles. The normalized spacial score (nSPS) is 12.9. The number of nitrogens with two attached hydrogens (primary N) is 2. The van der Waals surface area contributed by atoms with E-state index in [1.54, 1.807) is 6.07 Å². The fraction of sp³-hybridized carbons (Fsp3) is 0.500. The maximum Gasteiger partial charge on any atom is 0.412 e. The third-order valence-corrected chi connectivity index (χ3v) is 2.37. The van der Waals surface area contributed by atoms with Crippen LogP contribution in [0.2, 0.25) is 0 Å². The van der Waals surface area contributed by atoms with Crippen LogP contribution in [-0.4, -0.2) is 24.3 Å². The van der Waals surface area contributed by atoms with Crippen molar-refractivity contribution in [2.24, 2.45) is 11.5 Å². The first-order chi connectivity index (χ1) is 8.80. The van der Waals surface area contributed by atoms with E-state index in [1.807, 2.05) is 39.0 Å². The number of anilines is 1. The number of ether oxygens (including phenoxy) is 1. The van der Waals surface area contributed by atoms with E-state index in [-0.39, 0.29) is 6.04 Å². The summed E-state index contributed by atoms with van der Waals surface area (Å²) in [6.07, 6.45) is 0.216. The maximum atomic E-state index is 11.6. The number of rotatable bonds is 4. The zero-order chi connectivity index (χ0) is 14.5. The molecular formula is C14H23N3O2. The monoisotopic (exact) mass is 265 g/mol. The molecule has 0 aromatic heterocycles. The summed E-state index contributed by atoms with van der Waals surface area (Å²) in [4.78, 5) is 11.6. The highest BCUT2D eigenvalue weighted by molar-refractivity contribution is 5.84. The first kappa shape index (κ1) is 15.5. The van der Waals surface area contributed by atoms with Crippen LogP contribution in [0, 0.1) is 0 Å². The molecule has 0 saturated carbocycles. The van der Waals surface area contributed by atoms with Gasteiger partial charge in [0, 0.05) is 18.3 Å². The van der Waals surface area contributed by atoms with E-state index in [1.165, 1.54) is 0 Å². The Bertz CT molecular complexity index is 427. The lowest BCUT2D eigenvalue weighted by Gasteiger charge is -2.20. The van der Waals surface area contributed by atoms with Gasteiger partial charge in [0.2, 0.25) is 0 Å². The highest BCUT2D eigenvalue weighted by atomic mass is 16.6. The summed E-state index contributed by atoms with van der Waals surface area (Å²) < 4.78 is 5.19. The number of hydrogen-bond acceptors (Lipinski definition) is 4. The van der Waals surface area contributed by atoms with Gasteiger partial charge in [-0.3, -0.25) is 5.32 Å². The van der Waals surface area contributed by atoms with Crippen LogP contribution in [0.1, 0.15) is 26.3 Å². The van der Waals surface area contributed by atoms with E-state index in [0.717, 1.165) is 5.56 Å². The molecule has 1 atom stereocenters. The van der Waals surface area contributed by atoms with E-state index in [9.17, 15) is 4.79 Å². The number of carbonyl (C=O) groups is 1. The Kier molecular flexibility index (Phi) is 5.32. The maximum absolute atomic E-state index is 11.6. The Morgan fingerprint density at radius 3 is 2.68 bits per heavy atom. The molecule has 0 saturated heterocycles. The number of benzene rings is 1. The third-order valence-electron chi connectivity index (χ3n) is 2.37. The van der Waals surface area contributed by atoms with E-state index in [0.29, 0.717) is 18.7 Å². The van der Waals surface area contributed by atoms with Crippen LogP contribution in [-0.2, 0) is 11.2 Å². The lowest BCUT2D eigenvalue weighted by molar-refractivity contribution is 0.0636. The minimum Gasteiger partial charge on any atom is -0.444 e. The van der Waals surface area contributed by atoms with Crippen LogP contribution in [0.3, 0.4) is 0 Å². The molecule has 5 nitrogen and oxygen atoms in total. The number of amides is 1. The fourth-order valence-corrected chi connectivity index (χ4v) is 1.58. The minimum atomic E-state index is -0.510. The Labute approximate surface area is 114 Å². The fourth-order valence-electron chi connectivity index (χ4n) is 1.58. The Hall–Kier alpha value is -1.59. The van der Waals surface area contributed by atoms with Crippen LogP contribution in [0.15, 0.2) is 24.3 Å². The van der Waals surface area contributed by atoms with Crippen molar-refractivity contribution in [1.29, 1.82) is 0 Å². The standard InChI is InChI=1S/C14H23N3O2/c1-14(2,3)19-13(18)17-12-6-4-5-10(8-12)7-11(16)9-15/h4-6,8,11H,7,9,15-16H2,1-3H3,(H,17,18)/t11-/m0/s1. The smallest absolute Gasteiger partial charge is 0.412 e. The molecule has 1 aromatic carbocycles. The molecular weight excluding hydrogens is 242 g/mol. The molecule has 0 aliphatic carbocycles. The molecule has 0 unspecified atom stereocenters. The third kappa shape index (κ3) is 6.22. The highest BCUT2D eigenvalue weighted by Gasteiger charge is 2.16. The van der Waals surface area contributed by atoms with E-state index < -0.39 is 11.7 Å². The summed E-state index contributed by atoms with van der Waals surface area (Å²) in [5.74, 6) is 0. The van der Waals surface area contributed by atoms with E-state index in [2.05, 4.69) is 5.32 Å². The molecule has 0 radical (unpaired) electrons. The predicted molar refractivity (Wildman–Crippen MR) is 77.0 cm³/mol. The SMILES string of the molecule is CC(C)(C)OC(=O)Nc1cccc(C[C@H](N)CN)c1. The summed E-state index contributed by atoms with van der Waals surface area (Å²) in [7, 11) is 0. The van der Waals surface area contributed by atoms with Gasteiger partial charge in [0.15, 0.2) is 0 Å². The van der Waals surface area contributed by atoms with Gasteiger partial charge in [-0.15, -0.1) is 0 Å². The molecule has 0 aliphatic rings. The first-order valence-electron chi connectivity index (χ1n) is 6.35. The summed E-state index contributed by atoms with van der Waals surface area (Å²) in [6.45, 7) is 5.90. The van der Waals surface area contributed by atoms with Crippen molar-refractivity contribution in [1.82, 2.24) is 0 Å². The first-order valence-corrected chi connectivity index (χ1v) is 6.35. The molecule has 0 fully saturated rings. The van der Waals surface area contributed by atoms with Gasteiger partial charge in [-0.05, 0) is 44.9 Å². The van der Waals surface area contributed by atoms with E-state index in [4.69, 9.17) is 16.2 Å². The van der Waals surface area contributed by atoms with Crippen LogP contribution in [0.4, 0.5) is 10.5 Å². The molecule has 5 N–H and O–H groups in total. The molecule has 1 rings (SSSR count). The summed E-state index contributed by atoms with van der Waals surface area (Å²) >= 11 is 0. The van der Waals surface area contributed by atoms with Gasteiger partial charge in [0.1, 0.15) is 5.60 Å². The van der Waals surface area contributed by atoms with Gasteiger partial charge < -0.3 is 16.2 Å². The van der Waals surface area contributed by atoms with Crippen molar-refractivity contribution in [2.45, 2.75) is 38.8 Å². The Morgan fingerprint density at radius 1 is 1.42 bits per heavy atom. The van der Waals surface area contributed by atoms with Crippen molar-refractivity contribution in [3.05, 3.63) is 29.8 Å². The van der Waals surface area contributed by atoms with Crippen LogP contribution < -0.4 is 16.8 Å².